The minimum absolute atomic E-state index is 0.150. The van der Waals surface area contributed by atoms with Crippen molar-refractivity contribution < 1.29 is 4.79 Å². The van der Waals surface area contributed by atoms with E-state index in [0.717, 1.165) is 4.90 Å². The molecule has 0 unspecified atom stereocenters. The highest BCUT2D eigenvalue weighted by Crippen LogP contribution is 2.18. The molecule has 3 heteroatoms. The van der Waals surface area contributed by atoms with Crippen LogP contribution in [0, 0.1) is 6.92 Å². The van der Waals surface area contributed by atoms with Crippen LogP contribution >= 0.6 is 11.8 Å². The van der Waals surface area contributed by atoms with Crippen LogP contribution in [0.4, 0.5) is 0 Å². The molecule has 0 atom stereocenters. The van der Waals surface area contributed by atoms with Gasteiger partial charge in [-0.15, -0.1) is 11.8 Å². The fourth-order valence-corrected chi connectivity index (χ4v) is 1.97. The molecule has 76 valence electrons. The number of carbonyl (C=O) groups excluding carboxylic acids is 1. The second-order valence-electron chi connectivity index (χ2n) is 3.39. The van der Waals surface area contributed by atoms with Crippen molar-refractivity contribution in [3.05, 3.63) is 29.8 Å². The molecule has 0 aliphatic rings. The third kappa shape index (κ3) is 3.42. The maximum Gasteiger partial charge on any atom is 0.232 e. The Labute approximate surface area is 89.3 Å². The van der Waals surface area contributed by atoms with Crippen LogP contribution in [0.3, 0.4) is 0 Å². The van der Waals surface area contributed by atoms with Crippen LogP contribution in [-0.4, -0.2) is 30.7 Å². The van der Waals surface area contributed by atoms with E-state index in [1.165, 1.54) is 5.56 Å². The number of rotatable bonds is 3. The zero-order valence-corrected chi connectivity index (χ0v) is 9.60. The van der Waals surface area contributed by atoms with Crippen molar-refractivity contribution in [1.82, 2.24) is 4.90 Å². The van der Waals surface area contributed by atoms with E-state index in [9.17, 15) is 4.79 Å². The van der Waals surface area contributed by atoms with Crippen molar-refractivity contribution in [1.29, 1.82) is 0 Å². The van der Waals surface area contributed by atoms with Crippen LogP contribution < -0.4 is 0 Å². The van der Waals surface area contributed by atoms with E-state index in [1.54, 1.807) is 30.8 Å². The van der Waals surface area contributed by atoms with Gasteiger partial charge in [0.25, 0.3) is 0 Å². The van der Waals surface area contributed by atoms with E-state index >= 15 is 0 Å². The number of amides is 1. The van der Waals surface area contributed by atoms with Crippen molar-refractivity contribution >= 4 is 17.7 Å². The SMILES string of the molecule is Cc1cccc(SCC(=O)N(C)C)c1. The molecule has 0 aliphatic heterocycles. The normalized spacial score (nSPS) is 9.93. The van der Waals surface area contributed by atoms with E-state index < -0.39 is 0 Å². The minimum atomic E-state index is 0.150. The molecule has 0 spiro atoms. The lowest BCUT2D eigenvalue weighted by atomic mass is 10.2. The van der Waals surface area contributed by atoms with Crippen molar-refractivity contribution in [3.63, 3.8) is 0 Å². The van der Waals surface area contributed by atoms with Gasteiger partial charge in [0.2, 0.25) is 5.91 Å². The van der Waals surface area contributed by atoms with Crippen LogP contribution in [-0.2, 0) is 4.79 Å². The molecule has 0 N–H and O–H groups in total. The lowest BCUT2D eigenvalue weighted by molar-refractivity contribution is -0.125. The monoisotopic (exact) mass is 209 g/mol. The maximum atomic E-state index is 11.3. The summed E-state index contributed by atoms with van der Waals surface area (Å²) in [4.78, 5) is 14.1. The van der Waals surface area contributed by atoms with Crippen LogP contribution in [0.25, 0.3) is 0 Å². The van der Waals surface area contributed by atoms with Gasteiger partial charge in [-0.25, -0.2) is 0 Å². The molecule has 0 saturated heterocycles. The molecule has 0 saturated carbocycles. The second-order valence-corrected chi connectivity index (χ2v) is 4.44. The maximum absolute atomic E-state index is 11.3. The topological polar surface area (TPSA) is 20.3 Å². The van der Waals surface area contributed by atoms with E-state index in [0.29, 0.717) is 5.75 Å². The van der Waals surface area contributed by atoms with Gasteiger partial charge >= 0.3 is 0 Å². The summed E-state index contributed by atoms with van der Waals surface area (Å²) in [5, 5.41) is 0. The Balaban J connectivity index is 2.50. The summed E-state index contributed by atoms with van der Waals surface area (Å²) in [6, 6.07) is 8.18. The number of nitrogens with zero attached hydrogens (tertiary/aromatic N) is 1. The van der Waals surface area contributed by atoms with Crippen molar-refractivity contribution in [2.75, 3.05) is 19.8 Å². The summed E-state index contributed by atoms with van der Waals surface area (Å²) in [7, 11) is 3.55. The molecule has 0 bridgehead atoms. The summed E-state index contributed by atoms with van der Waals surface area (Å²) >= 11 is 1.58. The zero-order chi connectivity index (χ0) is 10.6. The quantitative estimate of drug-likeness (QED) is 0.711. The van der Waals surface area contributed by atoms with Crippen LogP contribution in [0.1, 0.15) is 5.56 Å². The summed E-state index contributed by atoms with van der Waals surface area (Å²) in [5.41, 5.74) is 1.23. The van der Waals surface area contributed by atoms with Gasteiger partial charge in [-0.3, -0.25) is 4.79 Å². The number of aryl methyl sites for hydroxylation is 1. The molecule has 0 fully saturated rings. The first-order valence-electron chi connectivity index (χ1n) is 4.49. The molecular weight excluding hydrogens is 194 g/mol. The Morgan fingerprint density at radius 2 is 2.14 bits per heavy atom. The van der Waals surface area contributed by atoms with Gasteiger partial charge in [-0.05, 0) is 19.1 Å². The molecule has 1 aromatic carbocycles. The fourth-order valence-electron chi connectivity index (χ4n) is 0.979. The molecule has 0 aliphatic carbocycles. The predicted octanol–water partition coefficient (Wildman–Crippen LogP) is 2.18. The summed E-state index contributed by atoms with van der Waals surface area (Å²) in [5.74, 6) is 0.660. The Morgan fingerprint density at radius 1 is 1.43 bits per heavy atom. The van der Waals surface area contributed by atoms with E-state index in [1.807, 2.05) is 12.1 Å². The Hall–Kier alpha value is -0.960. The lowest BCUT2D eigenvalue weighted by Gasteiger charge is -2.09. The van der Waals surface area contributed by atoms with Gasteiger partial charge in [0.05, 0.1) is 5.75 Å². The number of benzene rings is 1. The van der Waals surface area contributed by atoms with Crippen molar-refractivity contribution in [3.8, 4) is 0 Å². The summed E-state index contributed by atoms with van der Waals surface area (Å²) in [6.07, 6.45) is 0. The summed E-state index contributed by atoms with van der Waals surface area (Å²) < 4.78 is 0. The highest BCUT2D eigenvalue weighted by molar-refractivity contribution is 8.00. The van der Waals surface area contributed by atoms with Crippen molar-refractivity contribution in [2.45, 2.75) is 11.8 Å². The smallest absolute Gasteiger partial charge is 0.232 e. The van der Waals surface area contributed by atoms with Crippen LogP contribution in [0.5, 0.6) is 0 Å². The molecule has 14 heavy (non-hydrogen) atoms. The third-order valence-corrected chi connectivity index (χ3v) is 2.83. The van der Waals surface area contributed by atoms with Gasteiger partial charge in [0, 0.05) is 19.0 Å². The highest BCUT2D eigenvalue weighted by Gasteiger charge is 2.04. The molecule has 1 aromatic rings. The number of hydrogen-bond donors (Lipinski definition) is 0. The van der Waals surface area contributed by atoms with Crippen LogP contribution in [0.15, 0.2) is 29.2 Å². The largest absolute Gasteiger partial charge is 0.348 e. The molecular formula is C11H15NOS. The highest BCUT2D eigenvalue weighted by atomic mass is 32.2. The van der Waals surface area contributed by atoms with Crippen LogP contribution in [0.2, 0.25) is 0 Å². The molecule has 1 rings (SSSR count). The average Bonchev–Trinajstić information content (AvgIpc) is 2.14. The number of thioether (sulfide) groups is 1. The Morgan fingerprint density at radius 3 is 2.71 bits per heavy atom. The Bertz CT molecular complexity index is 323. The average molecular weight is 209 g/mol. The number of hydrogen-bond acceptors (Lipinski definition) is 2. The third-order valence-electron chi connectivity index (χ3n) is 1.85. The van der Waals surface area contributed by atoms with E-state index in [2.05, 4.69) is 19.1 Å². The molecule has 1 amide bonds. The van der Waals surface area contributed by atoms with Gasteiger partial charge in [-0.1, -0.05) is 17.7 Å². The first-order chi connectivity index (χ1) is 6.59. The minimum Gasteiger partial charge on any atom is -0.348 e. The number of carbonyl (C=O) groups is 1. The van der Waals surface area contributed by atoms with Gasteiger partial charge in [-0.2, -0.15) is 0 Å². The second kappa shape index (κ2) is 5.05. The standard InChI is InChI=1S/C11H15NOS/c1-9-5-4-6-10(7-9)14-8-11(13)12(2)3/h4-7H,8H2,1-3H3. The predicted molar refractivity (Wildman–Crippen MR) is 60.6 cm³/mol. The Kier molecular flexibility index (Phi) is 4.01. The molecule has 0 aromatic heterocycles. The first kappa shape index (κ1) is 11.1. The zero-order valence-electron chi connectivity index (χ0n) is 8.78. The first-order valence-corrected chi connectivity index (χ1v) is 5.48. The van der Waals surface area contributed by atoms with Gasteiger partial charge < -0.3 is 4.90 Å². The van der Waals surface area contributed by atoms with Gasteiger partial charge in [0.1, 0.15) is 0 Å². The fraction of sp³-hybridized carbons (Fsp3) is 0.364. The van der Waals surface area contributed by atoms with Crippen molar-refractivity contribution in [2.24, 2.45) is 0 Å². The van der Waals surface area contributed by atoms with Gasteiger partial charge in [0.15, 0.2) is 0 Å². The summed E-state index contributed by atoms with van der Waals surface area (Å²) in [6.45, 7) is 2.05. The van der Waals surface area contributed by atoms with E-state index in [4.69, 9.17) is 0 Å². The van der Waals surface area contributed by atoms with E-state index in [-0.39, 0.29) is 5.91 Å². The lowest BCUT2D eigenvalue weighted by Crippen LogP contribution is -2.23. The molecule has 0 radical (unpaired) electrons. The molecule has 2 nitrogen and oxygen atoms in total. The molecule has 0 heterocycles.